The fourth-order valence-electron chi connectivity index (χ4n) is 2.29. The van der Waals surface area contributed by atoms with Crippen LogP contribution in [0.4, 0.5) is 0 Å². The minimum atomic E-state index is -3.61. The largest absolute Gasteiger partial charge is 0.312 e. The van der Waals surface area contributed by atoms with Gasteiger partial charge in [0.15, 0.2) is 0 Å². The summed E-state index contributed by atoms with van der Waals surface area (Å²) in [7, 11) is -3.61. The molecule has 0 fully saturated rings. The molecule has 1 unspecified atom stereocenters. The molecule has 1 aromatic carbocycles. The first kappa shape index (κ1) is 14.2. The van der Waals surface area contributed by atoms with Crippen molar-refractivity contribution in [3.8, 4) is 0 Å². The number of hydrogen-bond donors (Lipinski definition) is 2. The van der Waals surface area contributed by atoms with Crippen molar-refractivity contribution in [2.45, 2.75) is 30.7 Å². The Kier molecular flexibility index (Phi) is 4.74. The highest BCUT2D eigenvalue weighted by Gasteiger charge is 2.10. The van der Waals surface area contributed by atoms with Crippen LogP contribution in [0.2, 0.25) is 0 Å². The van der Waals surface area contributed by atoms with Gasteiger partial charge < -0.3 is 5.32 Å². The first-order valence-corrected chi connectivity index (χ1v) is 8.08. The zero-order valence-electron chi connectivity index (χ0n) is 10.9. The topological polar surface area (TPSA) is 72.2 Å². The Bertz CT molecular complexity index is 552. The van der Waals surface area contributed by atoms with Gasteiger partial charge in [-0.15, -0.1) is 0 Å². The summed E-state index contributed by atoms with van der Waals surface area (Å²) < 4.78 is 22.5. The van der Waals surface area contributed by atoms with Crippen LogP contribution in [0.3, 0.4) is 0 Å². The van der Waals surface area contributed by atoms with E-state index in [4.69, 9.17) is 5.14 Å². The van der Waals surface area contributed by atoms with Gasteiger partial charge in [0.25, 0.3) is 0 Å². The number of nitrogens with two attached hydrogens (primary N) is 1. The molecule has 1 atom stereocenters. The summed E-state index contributed by atoms with van der Waals surface area (Å²) in [6.45, 7) is 1.63. The third kappa shape index (κ3) is 4.45. The van der Waals surface area contributed by atoms with Crippen molar-refractivity contribution in [2.24, 2.45) is 11.1 Å². The van der Waals surface area contributed by atoms with Gasteiger partial charge in [-0.1, -0.05) is 24.3 Å². The average Bonchev–Trinajstić information content (AvgIpc) is 2.39. The first-order valence-electron chi connectivity index (χ1n) is 6.53. The summed E-state index contributed by atoms with van der Waals surface area (Å²) in [6.07, 6.45) is 7.97. The lowest BCUT2D eigenvalue weighted by Gasteiger charge is -2.18. The molecule has 4 nitrogen and oxygen atoms in total. The molecule has 1 aliphatic carbocycles. The fourth-order valence-corrected chi connectivity index (χ4v) is 2.88. The van der Waals surface area contributed by atoms with Gasteiger partial charge in [-0.25, -0.2) is 13.6 Å². The monoisotopic (exact) mass is 280 g/mol. The highest BCUT2D eigenvalue weighted by Crippen LogP contribution is 2.17. The normalized spacial score (nSPS) is 19.5. The zero-order chi connectivity index (χ0) is 13.7. The first-order chi connectivity index (χ1) is 9.05. The summed E-state index contributed by atoms with van der Waals surface area (Å²) in [6, 6.07) is 6.77. The smallest absolute Gasteiger partial charge is 0.238 e. The van der Waals surface area contributed by atoms with E-state index in [1.807, 2.05) is 6.07 Å². The lowest BCUT2D eigenvalue weighted by Crippen LogP contribution is -2.23. The molecule has 0 saturated carbocycles. The molecule has 0 aromatic heterocycles. The Balaban J connectivity index is 1.87. The fraction of sp³-hybridized carbons (Fsp3) is 0.429. The summed E-state index contributed by atoms with van der Waals surface area (Å²) in [5, 5.41) is 8.50. The molecule has 0 aliphatic heterocycles. The van der Waals surface area contributed by atoms with Crippen LogP contribution in [0.5, 0.6) is 0 Å². The number of nitrogens with one attached hydrogen (secondary N) is 1. The van der Waals surface area contributed by atoms with E-state index in [-0.39, 0.29) is 4.90 Å². The highest BCUT2D eigenvalue weighted by molar-refractivity contribution is 7.89. The van der Waals surface area contributed by atoms with Crippen LogP contribution in [0, 0.1) is 5.92 Å². The molecular formula is C14H20N2O2S. The van der Waals surface area contributed by atoms with Crippen molar-refractivity contribution in [3.05, 3.63) is 42.0 Å². The molecular weight excluding hydrogens is 260 g/mol. The van der Waals surface area contributed by atoms with Crippen molar-refractivity contribution in [2.75, 3.05) is 6.54 Å². The number of primary sulfonamides is 1. The lowest BCUT2D eigenvalue weighted by molar-refractivity contribution is 0.440. The molecule has 0 bridgehead atoms. The van der Waals surface area contributed by atoms with E-state index < -0.39 is 10.0 Å². The van der Waals surface area contributed by atoms with Gasteiger partial charge in [-0.05, 0) is 49.4 Å². The molecule has 1 aromatic rings. The van der Waals surface area contributed by atoms with Gasteiger partial charge in [-0.3, -0.25) is 0 Å². The summed E-state index contributed by atoms with van der Waals surface area (Å²) in [5.74, 6) is 0.687. The number of sulfonamides is 1. The second kappa shape index (κ2) is 6.32. The van der Waals surface area contributed by atoms with Gasteiger partial charge in [-0.2, -0.15) is 0 Å². The van der Waals surface area contributed by atoms with Crippen LogP contribution in [0.25, 0.3) is 0 Å². The third-order valence-electron chi connectivity index (χ3n) is 3.37. The van der Waals surface area contributed by atoms with Crippen LogP contribution in [-0.2, 0) is 16.6 Å². The van der Waals surface area contributed by atoms with Gasteiger partial charge in [0.1, 0.15) is 0 Å². The predicted octanol–water partition coefficient (Wildman–Crippen LogP) is 1.78. The Morgan fingerprint density at radius 3 is 2.84 bits per heavy atom. The molecule has 19 heavy (non-hydrogen) atoms. The minimum Gasteiger partial charge on any atom is -0.312 e. The van der Waals surface area contributed by atoms with Crippen LogP contribution in [0.1, 0.15) is 24.8 Å². The third-order valence-corrected chi connectivity index (χ3v) is 4.28. The number of allylic oxidation sites excluding steroid dienone is 2. The van der Waals surface area contributed by atoms with Crippen molar-refractivity contribution >= 4 is 10.0 Å². The lowest BCUT2D eigenvalue weighted by atomic mass is 9.94. The number of benzene rings is 1. The molecule has 2 rings (SSSR count). The molecule has 0 spiro atoms. The molecule has 0 amide bonds. The molecule has 104 valence electrons. The Morgan fingerprint density at radius 1 is 1.32 bits per heavy atom. The quantitative estimate of drug-likeness (QED) is 0.808. The van der Waals surface area contributed by atoms with Crippen LogP contribution < -0.4 is 10.5 Å². The summed E-state index contributed by atoms with van der Waals surface area (Å²) >= 11 is 0. The van der Waals surface area contributed by atoms with E-state index in [0.717, 1.165) is 24.9 Å². The molecule has 5 heteroatoms. The van der Waals surface area contributed by atoms with E-state index >= 15 is 0 Å². The Labute approximate surface area is 114 Å². The van der Waals surface area contributed by atoms with E-state index in [1.54, 1.807) is 12.1 Å². The maximum absolute atomic E-state index is 11.3. The molecule has 0 radical (unpaired) electrons. The predicted molar refractivity (Wildman–Crippen MR) is 76.0 cm³/mol. The molecule has 1 aliphatic rings. The maximum Gasteiger partial charge on any atom is 0.238 e. The van der Waals surface area contributed by atoms with Gasteiger partial charge in [0, 0.05) is 6.54 Å². The summed E-state index contributed by atoms with van der Waals surface area (Å²) in [5.41, 5.74) is 0.942. The second-order valence-corrected chi connectivity index (χ2v) is 6.54. The molecule has 3 N–H and O–H groups in total. The van der Waals surface area contributed by atoms with E-state index in [1.165, 1.54) is 12.5 Å². The average molecular weight is 280 g/mol. The van der Waals surface area contributed by atoms with Crippen LogP contribution >= 0.6 is 0 Å². The maximum atomic E-state index is 11.3. The van der Waals surface area contributed by atoms with Crippen LogP contribution in [0.15, 0.2) is 41.3 Å². The van der Waals surface area contributed by atoms with Crippen LogP contribution in [-0.4, -0.2) is 15.0 Å². The van der Waals surface area contributed by atoms with Crippen molar-refractivity contribution in [3.63, 3.8) is 0 Å². The van der Waals surface area contributed by atoms with Crippen molar-refractivity contribution in [1.82, 2.24) is 5.32 Å². The second-order valence-electron chi connectivity index (χ2n) is 4.97. The van der Waals surface area contributed by atoms with Crippen molar-refractivity contribution < 1.29 is 8.42 Å². The minimum absolute atomic E-state index is 0.174. The number of hydrogen-bond acceptors (Lipinski definition) is 3. The SMILES string of the molecule is NS(=O)(=O)c1cccc(CNCC2CC=CCC2)c1. The summed E-state index contributed by atoms with van der Waals surface area (Å²) in [4.78, 5) is 0.174. The highest BCUT2D eigenvalue weighted by atomic mass is 32.2. The van der Waals surface area contributed by atoms with Crippen molar-refractivity contribution in [1.29, 1.82) is 0 Å². The van der Waals surface area contributed by atoms with Gasteiger partial charge in [0.05, 0.1) is 4.90 Å². The van der Waals surface area contributed by atoms with E-state index in [9.17, 15) is 8.42 Å². The Hall–Kier alpha value is -1.17. The van der Waals surface area contributed by atoms with Gasteiger partial charge in [0.2, 0.25) is 10.0 Å². The van der Waals surface area contributed by atoms with E-state index in [2.05, 4.69) is 17.5 Å². The molecule has 0 heterocycles. The Morgan fingerprint density at radius 2 is 2.16 bits per heavy atom. The number of rotatable bonds is 5. The van der Waals surface area contributed by atoms with E-state index in [0.29, 0.717) is 12.5 Å². The van der Waals surface area contributed by atoms with Gasteiger partial charge >= 0.3 is 0 Å². The zero-order valence-corrected chi connectivity index (χ0v) is 11.7. The standard InChI is InChI=1S/C14H20N2O2S/c15-19(17,18)14-8-4-7-13(9-14)11-16-10-12-5-2-1-3-6-12/h1-2,4,7-9,12,16H,3,5-6,10-11H2,(H2,15,17,18). The molecule has 0 saturated heterocycles.